The summed E-state index contributed by atoms with van der Waals surface area (Å²) >= 11 is 0. The Bertz CT molecular complexity index is 215. The van der Waals surface area contributed by atoms with Crippen LogP contribution in [0.3, 0.4) is 0 Å². The molecular formula is C13H24O2. The Hall–Kier alpha value is -0.530. The maximum atomic E-state index is 11.6. The first-order chi connectivity index (χ1) is 6.94. The van der Waals surface area contributed by atoms with E-state index in [1.54, 1.807) is 0 Å². The van der Waals surface area contributed by atoms with E-state index in [0.717, 1.165) is 6.42 Å². The van der Waals surface area contributed by atoms with Crippen molar-refractivity contribution in [3.05, 3.63) is 0 Å². The highest BCUT2D eigenvalue weighted by Crippen LogP contribution is 2.43. The van der Waals surface area contributed by atoms with Crippen LogP contribution in [0.4, 0.5) is 0 Å². The summed E-state index contributed by atoms with van der Waals surface area (Å²) in [5, 5.41) is 0. The van der Waals surface area contributed by atoms with Gasteiger partial charge in [0.05, 0.1) is 5.92 Å². The summed E-state index contributed by atoms with van der Waals surface area (Å²) in [6, 6.07) is 0. The van der Waals surface area contributed by atoms with Gasteiger partial charge in [0.2, 0.25) is 0 Å². The zero-order valence-electron chi connectivity index (χ0n) is 10.5. The van der Waals surface area contributed by atoms with Crippen molar-refractivity contribution in [3.63, 3.8) is 0 Å². The van der Waals surface area contributed by atoms with Gasteiger partial charge in [-0.15, -0.1) is 0 Å². The summed E-state index contributed by atoms with van der Waals surface area (Å²) in [6.07, 6.45) is 6.07. The molecule has 0 aromatic rings. The van der Waals surface area contributed by atoms with Gasteiger partial charge in [0.15, 0.2) is 0 Å². The highest BCUT2D eigenvalue weighted by Gasteiger charge is 2.44. The van der Waals surface area contributed by atoms with Gasteiger partial charge in [-0.25, -0.2) is 0 Å². The molecule has 0 radical (unpaired) electrons. The van der Waals surface area contributed by atoms with Gasteiger partial charge in [-0.1, -0.05) is 26.2 Å². The van der Waals surface area contributed by atoms with E-state index in [9.17, 15) is 4.79 Å². The van der Waals surface area contributed by atoms with Crippen molar-refractivity contribution >= 4 is 5.97 Å². The fourth-order valence-corrected chi connectivity index (χ4v) is 1.89. The molecule has 1 fully saturated rings. The highest BCUT2D eigenvalue weighted by molar-refractivity contribution is 5.76. The third-order valence-corrected chi connectivity index (χ3v) is 2.81. The van der Waals surface area contributed by atoms with E-state index < -0.39 is 0 Å². The van der Waals surface area contributed by atoms with Crippen molar-refractivity contribution in [2.24, 2.45) is 11.8 Å². The number of ether oxygens (including phenoxy) is 1. The average Bonchev–Trinajstić information content (AvgIpc) is 2.81. The van der Waals surface area contributed by atoms with Gasteiger partial charge in [0.1, 0.15) is 5.60 Å². The molecule has 1 aliphatic carbocycles. The van der Waals surface area contributed by atoms with Crippen LogP contribution >= 0.6 is 0 Å². The normalized spacial score (nSPS) is 25.1. The molecule has 1 saturated carbocycles. The van der Waals surface area contributed by atoms with Gasteiger partial charge in [0.25, 0.3) is 0 Å². The molecule has 0 N–H and O–H groups in total. The number of hydrogen-bond donors (Lipinski definition) is 0. The van der Waals surface area contributed by atoms with Crippen molar-refractivity contribution in [2.75, 3.05) is 0 Å². The number of hydrogen-bond acceptors (Lipinski definition) is 2. The third-order valence-electron chi connectivity index (χ3n) is 2.81. The number of carbonyl (C=O) groups excluding carboxylic acids is 1. The first kappa shape index (κ1) is 12.5. The zero-order chi connectivity index (χ0) is 11.5. The topological polar surface area (TPSA) is 26.3 Å². The van der Waals surface area contributed by atoms with Gasteiger partial charge in [-0.3, -0.25) is 4.79 Å². The molecule has 0 bridgehead atoms. The van der Waals surface area contributed by atoms with Crippen LogP contribution in [0.2, 0.25) is 0 Å². The lowest BCUT2D eigenvalue weighted by Crippen LogP contribution is -2.25. The summed E-state index contributed by atoms with van der Waals surface area (Å²) in [5.74, 6) is 0.844. The highest BCUT2D eigenvalue weighted by atomic mass is 16.6. The molecule has 0 aromatic heterocycles. The number of unbranched alkanes of at least 4 members (excludes halogenated alkanes) is 2. The van der Waals surface area contributed by atoms with Crippen LogP contribution in [-0.4, -0.2) is 11.6 Å². The Kier molecular flexibility index (Phi) is 4.18. The van der Waals surface area contributed by atoms with Crippen LogP contribution in [0.1, 0.15) is 59.8 Å². The van der Waals surface area contributed by atoms with E-state index in [2.05, 4.69) is 6.92 Å². The van der Waals surface area contributed by atoms with E-state index in [0.29, 0.717) is 5.92 Å². The van der Waals surface area contributed by atoms with Gasteiger partial charge < -0.3 is 4.74 Å². The Morgan fingerprint density at radius 1 is 1.33 bits per heavy atom. The summed E-state index contributed by atoms with van der Waals surface area (Å²) in [6.45, 7) is 8.00. The lowest BCUT2D eigenvalue weighted by Gasteiger charge is -2.19. The molecule has 0 amide bonds. The fraction of sp³-hybridized carbons (Fsp3) is 0.923. The standard InChI is InChI=1S/C13H24O2/c1-5-6-7-8-10-9-11(10)12(14)15-13(2,3)4/h10-11H,5-9H2,1-4H3/t10-,11+/m0/s1. The van der Waals surface area contributed by atoms with Crippen molar-refractivity contribution in [3.8, 4) is 0 Å². The smallest absolute Gasteiger partial charge is 0.309 e. The summed E-state index contributed by atoms with van der Waals surface area (Å²) < 4.78 is 5.36. The number of rotatable bonds is 5. The van der Waals surface area contributed by atoms with Crippen LogP contribution in [-0.2, 0) is 9.53 Å². The van der Waals surface area contributed by atoms with E-state index in [1.165, 1.54) is 25.7 Å². The minimum atomic E-state index is -0.326. The average molecular weight is 212 g/mol. The lowest BCUT2D eigenvalue weighted by molar-refractivity contribution is -0.156. The molecule has 15 heavy (non-hydrogen) atoms. The minimum Gasteiger partial charge on any atom is -0.460 e. The molecule has 2 atom stereocenters. The second kappa shape index (κ2) is 5.00. The molecule has 1 rings (SSSR count). The molecule has 0 heterocycles. The second-order valence-corrected chi connectivity index (χ2v) is 5.63. The van der Waals surface area contributed by atoms with E-state index in [4.69, 9.17) is 4.74 Å². The molecule has 2 nitrogen and oxygen atoms in total. The predicted molar refractivity (Wildman–Crippen MR) is 61.6 cm³/mol. The Balaban J connectivity index is 2.17. The molecule has 88 valence electrons. The van der Waals surface area contributed by atoms with Crippen LogP contribution in [0.25, 0.3) is 0 Å². The van der Waals surface area contributed by atoms with Gasteiger partial charge in [-0.05, 0) is 39.5 Å². The predicted octanol–water partition coefficient (Wildman–Crippen LogP) is 3.54. The zero-order valence-corrected chi connectivity index (χ0v) is 10.5. The molecule has 0 spiro atoms. The Morgan fingerprint density at radius 2 is 2.00 bits per heavy atom. The summed E-state index contributed by atoms with van der Waals surface area (Å²) in [5.41, 5.74) is -0.326. The van der Waals surface area contributed by atoms with Crippen LogP contribution < -0.4 is 0 Å². The van der Waals surface area contributed by atoms with Crippen LogP contribution in [0.15, 0.2) is 0 Å². The van der Waals surface area contributed by atoms with Gasteiger partial charge in [0, 0.05) is 0 Å². The van der Waals surface area contributed by atoms with E-state index in [-0.39, 0.29) is 17.5 Å². The van der Waals surface area contributed by atoms with Crippen LogP contribution in [0, 0.1) is 11.8 Å². The van der Waals surface area contributed by atoms with Gasteiger partial charge in [-0.2, -0.15) is 0 Å². The Morgan fingerprint density at radius 3 is 2.53 bits per heavy atom. The molecule has 0 aliphatic heterocycles. The monoisotopic (exact) mass is 212 g/mol. The number of carbonyl (C=O) groups is 1. The quantitative estimate of drug-likeness (QED) is 0.514. The molecule has 0 unspecified atom stereocenters. The minimum absolute atomic E-state index is 0.0176. The van der Waals surface area contributed by atoms with Crippen molar-refractivity contribution in [2.45, 2.75) is 65.4 Å². The molecule has 2 heteroatoms. The summed E-state index contributed by atoms with van der Waals surface area (Å²) in [4.78, 5) is 11.6. The summed E-state index contributed by atoms with van der Waals surface area (Å²) in [7, 11) is 0. The third kappa shape index (κ3) is 4.67. The molecular weight excluding hydrogens is 188 g/mol. The van der Waals surface area contributed by atoms with Crippen LogP contribution in [0.5, 0.6) is 0 Å². The maximum Gasteiger partial charge on any atom is 0.309 e. The SMILES string of the molecule is CCCCC[C@H]1C[C@H]1C(=O)OC(C)(C)C. The fourth-order valence-electron chi connectivity index (χ4n) is 1.89. The maximum absolute atomic E-state index is 11.6. The molecule has 0 aromatic carbocycles. The van der Waals surface area contributed by atoms with E-state index >= 15 is 0 Å². The largest absolute Gasteiger partial charge is 0.460 e. The first-order valence-corrected chi connectivity index (χ1v) is 6.17. The number of esters is 1. The van der Waals surface area contributed by atoms with Crippen molar-refractivity contribution in [1.82, 2.24) is 0 Å². The lowest BCUT2D eigenvalue weighted by atomic mass is 10.1. The Labute approximate surface area is 93.4 Å². The van der Waals surface area contributed by atoms with Crippen molar-refractivity contribution < 1.29 is 9.53 Å². The van der Waals surface area contributed by atoms with Crippen molar-refractivity contribution in [1.29, 1.82) is 0 Å². The van der Waals surface area contributed by atoms with Gasteiger partial charge >= 0.3 is 5.97 Å². The molecule has 1 aliphatic rings. The second-order valence-electron chi connectivity index (χ2n) is 5.63. The first-order valence-electron chi connectivity index (χ1n) is 6.17. The molecule has 0 saturated heterocycles. The van der Waals surface area contributed by atoms with E-state index in [1.807, 2.05) is 20.8 Å².